The van der Waals surface area contributed by atoms with Crippen molar-refractivity contribution in [3.05, 3.63) is 59.4 Å². The molecule has 1 heterocycles. The van der Waals surface area contributed by atoms with Crippen LogP contribution in [0.4, 0.5) is 5.69 Å². The van der Waals surface area contributed by atoms with E-state index in [1.807, 2.05) is 0 Å². The van der Waals surface area contributed by atoms with E-state index in [0.29, 0.717) is 16.3 Å². The molecule has 0 bridgehead atoms. The predicted molar refractivity (Wildman–Crippen MR) is 75.2 cm³/mol. The van der Waals surface area contributed by atoms with Gasteiger partial charge in [-0.2, -0.15) is 4.57 Å². The van der Waals surface area contributed by atoms with E-state index in [0.717, 1.165) is 0 Å². The first-order valence-electron chi connectivity index (χ1n) is 5.89. The first-order valence-corrected chi connectivity index (χ1v) is 6.27. The van der Waals surface area contributed by atoms with Crippen LogP contribution < -0.4 is 15.6 Å². The van der Waals surface area contributed by atoms with Crippen LogP contribution >= 0.6 is 11.6 Å². The second-order valence-corrected chi connectivity index (χ2v) is 4.56. The predicted octanol–water partition coefficient (Wildman–Crippen LogP) is 1.37. The van der Waals surface area contributed by atoms with Crippen LogP contribution in [0.1, 0.15) is 10.4 Å². The Bertz CT molecular complexity index is 658. The van der Waals surface area contributed by atoms with Crippen LogP contribution in [0.15, 0.2) is 48.8 Å². The number of nitrogens with zero attached hydrogens (tertiary/aromatic N) is 1. The number of halogens is 1. The Morgan fingerprint density at radius 1 is 1.20 bits per heavy atom. The van der Waals surface area contributed by atoms with Crippen molar-refractivity contribution < 1.29 is 14.2 Å². The Kier molecular flexibility index (Phi) is 4.32. The molecule has 1 aromatic heterocycles. The second kappa shape index (κ2) is 6.16. The maximum Gasteiger partial charge on any atom is 0.290 e. The van der Waals surface area contributed by atoms with Crippen LogP contribution in [0.25, 0.3) is 0 Å². The number of anilines is 1. The number of carbonyl (C=O) groups is 2. The molecule has 0 fully saturated rings. The van der Waals surface area contributed by atoms with Crippen molar-refractivity contribution in [1.29, 1.82) is 0 Å². The maximum absolute atomic E-state index is 11.9. The summed E-state index contributed by atoms with van der Waals surface area (Å²) in [4.78, 5) is 23.0. The van der Waals surface area contributed by atoms with E-state index in [1.165, 1.54) is 6.20 Å². The number of amides is 2. The van der Waals surface area contributed by atoms with E-state index in [2.05, 4.69) is 5.32 Å². The molecule has 5 nitrogen and oxygen atoms in total. The standard InChI is InChI=1S/C14H12ClN3O2/c15-11-5-1-2-6-12(11)17-13(19)9-18-7-3-4-10(8-18)14(16)20/h1-8H,9H2,(H2-,16,17,19,20)/p+1. The van der Waals surface area contributed by atoms with Gasteiger partial charge in [-0.3, -0.25) is 9.59 Å². The molecule has 2 aromatic rings. The van der Waals surface area contributed by atoms with Gasteiger partial charge >= 0.3 is 0 Å². The number of benzene rings is 1. The SMILES string of the molecule is NC(=O)c1ccc[n+](CC(=O)Nc2ccccc2Cl)c1. The highest BCUT2D eigenvalue weighted by molar-refractivity contribution is 6.33. The van der Waals surface area contributed by atoms with Crippen molar-refractivity contribution in [2.24, 2.45) is 5.73 Å². The lowest BCUT2D eigenvalue weighted by Crippen LogP contribution is -2.40. The van der Waals surface area contributed by atoms with Crippen LogP contribution in [0.2, 0.25) is 5.02 Å². The molecule has 20 heavy (non-hydrogen) atoms. The molecule has 0 saturated carbocycles. The Labute approximate surface area is 121 Å². The number of hydrogen-bond acceptors (Lipinski definition) is 2. The van der Waals surface area contributed by atoms with Gasteiger partial charge in [0.2, 0.25) is 6.54 Å². The first-order chi connectivity index (χ1) is 9.56. The number of nitrogens with one attached hydrogen (secondary N) is 1. The topological polar surface area (TPSA) is 76.1 Å². The fourth-order valence-electron chi connectivity index (χ4n) is 1.68. The van der Waals surface area contributed by atoms with Crippen LogP contribution in [-0.2, 0) is 11.3 Å². The van der Waals surface area contributed by atoms with E-state index < -0.39 is 5.91 Å². The molecule has 0 aliphatic rings. The summed E-state index contributed by atoms with van der Waals surface area (Å²) >= 11 is 5.96. The number of pyridine rings is 1. The fourth-order valence-corrected chi connectivity index (χ4v) is 1.87. The molecule has 2 amide bonds. The average molecular weight is 291 g/mol. The van der Waals surface area contributed by atoms with E-state index in [-0.39, 0.29) is 12.5 Å². The summed E-state index contributed by atoms with van der Waals surface area (Å²) in [6.07, 6.45) is 3.20. The Morgan fingerprint density at radius 3 is 2.65 bits per heavy atom. The number of nitrogens with two attached hydrogens (primary N) is 1. The van der Waals surface area contributed by atoms with E-state index >= 15 is 0 Å². The summed E-state index contributed by atoms with van der Waals surface area (Å²) in [5.74, 6) is -0.782. The van der Waals surface area contributed by atoms with Gasteiger partial charge in [0, 0.05) is 6.07 Å². The van der Waals surface area contributed by atoms with Gasteiger partial charge in [0.1, 0.15) is 5.56 Å². The lowest BCUT2D eigenvalue weighted by molar-refractivity contribution is -0.684. The minimum absolute atomic E-state index is 0.0618. The third-order valence-electron chi connectivity index (χ3n) is 2.62. The highest BCUT2D eigenvalue weighted by Crippen LogP contribution is 2.20. The molecular weight excluding hydrogens is 278 g/mol. The quantitative estimate of drug-likeness (QED) is 0.834. The summed E-state index contributed by atoms with van der Waals surface area (Å²) in [5, 5.41) is 3.17. The minimum atomic E-state index is -0.536. The van der Waals surface area contributed by atoms with E-state index in [9.17, 15) is 9.59 Å². The monoisotopic (exact) mass is 290 g/mol. The smallest absolute Gasteiger partial charge is 0.290 e. The van der Waals surface area contributed by atoms with E-state index in [1.54, 1.807) is 47.2 Å². The van der Waals surface area contributed by atoms with Crippen LogP contribution in [0.5, 0.6) is 0 Å². The van der Waals surface area contributed by atoms with Gasteiger partial charge in [0.05, 0.1) is 10.7 Å². The lowest BCUT2D eigenvalue weighted by Gasteiger charge is -2.05. The van der Waals surface area contributed by atoms with Gasteiger partial charge in [-0.25, -0.2) is 0 Å². The van der Waals surface area contributed by atoms with Crippen molar-refractivity contribution in [3.8, 4) is 0 Å². The molecule has 0 radical (unpaired) electrons. The molecule has 0 aliphatic carbocycles. The number of para-hydroxylation sites is 1. The number of primary amides is 1. The first kappa shape index (κ1) is 14.0. The Morgan fingerprint density at radius 2 is 1.95 bits per heavy atom. The molecule has 0 spiro atoms. The Hall–Kier alpha value is -2.40. The molecule has 102 valence electrons. The average Bonchev–Trinajstić information content (AvgIpc) is 2.41. The van der Waals surface area contributed by atoms with Crippen LogP contribution in [-0.4, -0.2) is 11.8 Å². The number of carbonyl (C=O) groups excluding carboxylic acids is 2. The van der Waals surface area contributed by atoms with Crippen LogP contribution in [0, 0.1) is 0 Å². The number of hydrogen-bond donors (Lipinski definition) is 2. The molecule has 0 saturated heterocycles. The van der Waals surface area contributed by atoms with Gasteiger partial charge < -0.3 is 11.1 Å². The van der Waals surface area contributed by atoms with Gasteiger partial charge in [0.25, 0.3) is 11.8 Å². The molecule has 0 unspecified atom stereocenters. The zero-order valence-electron chi connectivity index (χ0n) is 10.5. The third-order valence-corrected chi connectivity index (χ3v) is 2.95. The number of rotatable bonds is 4. The molecule has 3 N–H and O–H groups in total. The third kappa shape index (κ3) is 3.55. The summed E-state index contributed by atoms with van der Waals surface area (Å²) in [5.41, 5.74) is 6.08. The van der Waals surface area contributed by atoms with Crippen molar-refractivity contribution in [1.82, 2.24) is 0 Å². The summed E-state index contributed by atoms with van der Waals surface area (Å²) in [6, 6.07) is 10.2. The molecule has 2 rings (SSSR count). The zero-order valence-corrected chi connectivity index (χ0v) is 11.3. The fraction of sp³-hybridized carbons (Fsp3) is 0.0714. The van der Waals surface area contributed by atoms with Gasteiger partial charge in [-0.1, -0.05) is 23.7 Å². The summed E-state index contributed by atoms with van der Waals surface area (Å²) < 4.78 is 1.58. The molecule has 0 atom stereocenters. The summed E-state index contributed by atoms with van der Waals surface area (Å²) in [6.45, 7) is 0.0618. The number of aromatic nitrogens is 1. The largest absolute Gasteiger partial charge is 0.365 e. The van der Waals surface area contributed by atoms with Crippen molar-refractivity contribution >= 4 is 29.1 Å². The highest BCUT2D eigenvalue weighted by atomic mass is 35.5. The van der Waals surface area contributed by atoms with E-state index in [4.69, 9.17) is 17.3 Å². The van der Waals surface area contributed by atoms with Gasteiger partial charge in [-0.05, 0) is 18.2 Å². The van der Waals surface area contributed by atoms with Crippen LogP contribution in [0.3, 0.4) is 0 Å². The second-order valence-electron chi connectivity index (χ2n) is 4.16. The maximum atomic E-state index is 11.9. The Balaban J connectivity index is 2.07. The van der Waals surface area contributed by atoms with Gasteiger partial charge in [-0.15, -0.1) is 0 Å². The summed E-state index contributed by atoms with van der Waals surface area (Å²) in [7, 11) is 0. The minimum Gasteiger partial charge on any atom is -0.365 e. The molecule has 1 aromatic carbocycles. The van der Waals surface area contributed by atoms with Crippen molar-refractivity contribution in [3.63, 3.8) is 0 Å². The van der Waals surface area contributed by atoms with Gasteiger partial charge in [0.15, 0.2) is 12.4 Å². The van der Waals surface area contributed by atoms with Crippen molar-refractivity contribution in [2.75, 3.05) is 5.32 Å². The molecule has 6 heteroatoms. The highest BCUT2D eigenvalue weighted by Gasteiger charge is 2.13. The molecular formula is C14H13ClN3O2+. The zero-order chi connectivity index (χ0) is 14.5. The molecule has 0 aliphatic heterocycles. The van der Waals surface area contributed by atoms with Crippen molar-refractivity contribution in [2.45, 2.75) is 6.54 Å². The lowest BCUT2D eigenvalue weighted by atomic mass is 10.2. The normalized spacial score (nSPS) is 10.1.